The van der Waals surface area contributed by atoms with Gasteiger partial charge in [0, 0.05) is 22.5 Å². The molecule has 2 atom stereocenters. The van der Waals surface area contributed by atoms with Gasteiger partial charge in [0.05, 0.1) is 0 Å². The SMILES string of the molecule is CNC1CC(c2cc(C)cc(C)c2)Oc2ccc(Br)cc21. The van der Waals surface area contributed by atoms with Crippen molar-refractivity contribution in [3.63, 3.8) is 0 Å². The van der Waals surface area contributed by atoms with Crippen molar-refractivity contribution in [1.82, 2.24) is 5.32 Å². The summed E-state index contributed by atoms with van der Waals surface area (Å²) in [6, 6.07) is 13.2. The van der Waals surface area contributed by atoms with Gasteiger partial charge in [0.15, 0.2) is 0 Å². The normalized spacial score (nSPS) is 20.8. The van der Waals surface area contributed by atoms with Crippen LogP contribution in [-0.4, -0.2) is 7.05 Å². The molecule has 0 radical (unpaired) electrons. The Labute approximate surface area is 134 Å². The van der Waals surface area contributed by atoms with Crippen LogP contribution in [-0.2, 0) is 0 Å². The number of aryl methyl sites for hydroxylation is 2. The van der Waals surface area contributed by atoms with Gasteiger partial charge in [0.2, 0.25) is 0 Å². The van der Waals surface area contributed by atoms with Crippen LogP contribution in [0.15, 0.2) is 40.9 Å². The Morgan fingerprint density at radius 2 is 1.81 bits per heavy atom. The number of hydrogen-bond donors (Lipinski definition) is 1. The van der Waals surface area contributed by atoms with Gasteiger partial charge in [-0.25, -0.2) is 0 Å². The van der Waals surface area contributed by atoms with Crippen LogP contribution in [0.3, 0.4) is 0 Å². The molecule has 0 spiro atoms. The van der Waals surface area contributed by atoms with Gasteiger partial charge in [-0.05, 0) is 44.7 Å². The zero-order chi connectivity index (χ0) is 15.0. The number of nitrogens with one attached hydrogen (secondary N) is 1. The maximum absolute atomic E-state index is 6.25. The number of ether oxygens (including phenoxy) is 1. The largest absolute Gasteiger partial charge is 0.485 e. The van der Waals surface area contributed by atoms with Crippen molar-refractivity contribution < 1.29 is 4.74 Å². The Morgan fingerprint density at radius 1 is 1.10 bits per heavy atom. The van der Waals surface area contributed by atoms with E-state index in [0.717, 1.165) is 16.6 Å². The monoisotopic (exact) mass is 345 g/mol. The first kappa shape index (κ1) is 14.6. The summed E-state index contributed by atoms with van der Waals surface area (Å²) in [7, 11) is 2.01. The van der Waals surface area contributed by atoms with Crippen molar-refractivity contribution >= 4 is 15.9 Å². The summed E-state index contributed by atoms with van der Waals surface area (Å²) in [6.45, 7) is 4.28. The Balaban J connectivity index is 1.98. The Bertz CT molecular complexity index is 648. The molecular weight excluding hydrogens is 326 g/mol. The van der Waals surface area contributed by atoms with Gasteiger partial charge in [-0.15, -0.1) is 0 Å². The Hall–Kier alpha value is -1.32. The van der Waals surface area contributed by atoms with Crippen molar-refractivity contribution in [3.8, 4) is 5.75 Å². The number of benzene rings is 2. The summed E-state index contributed by atoms with van der Waals surface area (Å²) in [5.41, 5.74) is 5.07. The van der Waals surface area contributed by atoms with E-state index in [2.05, 4.69) is 65.4 Å². The lowest BCUT2D eigenvalue weighted by Gasteiger charge is -2.32. The summed E-state index contributed by atoms with van der Waals surface area (Å²) in [4.78, 5) is 0. The molecule has 2 aromatic carbocycles. The van der Waals surface area contributed by atoms with Gasteiger partial charge in [0.25, 0.3) is 0 Å². The van der Waals surface area contributed by atoms with Crippen LogP contribution in [0.25, 0.3) is 0 Å². The zero-order valence-electron chi connectivity index (χ0n) is 12.6. The van der Waals surface area contributed by atoms with Gasteiger partial charge >= 0.3 is 0 Å². The molecule has 2 aromatic rings. The summed E-state index contributed by atoms with van der Waals surface area (Å²) in [6.07, 6.45) is 1.05. The predicted molar refractivity (Wildman–Crippen MR) is 89.8 cm³/mol. The molecule has 21 heavy (non-hydrogen) atoms. The molecule has 0 fully saturated rings. The van der Waals surface area contributed by atoms with Crippen molar-refractivity contribution in [2.24, 2.45) is 0 Å². The van der Waals surface area contributed by atoms with Crippen LogP contribution in [0.4, 0.5) is 0 Å². The molecule has 2 unspecified atom stereocenters. The van der Waals surface area contributed by atoms with Gasteiger partial charge < -0.3 is 10.1 Å². The first-order valence-electron chi connectivity index (χ1n) is 7.28. The topological polar surface area (TPSA) is 21.3 Å². The van der Waals surface area contributed by atoms with Crippen LogP contribution in [0.1, 0.15) is 40.8 Å². The first-order chi connectivity index (χ1) is 10.1. The molecule has 0 aromatic heterocycles. The van der Waals surface area contributed by atoms with Gasteiger partial charge in [-0.2, -0.15) is 0 Å². The smallest absolute Gasteiger partial charge is 0.126 e. The second kappa shape index (κ2) is 5.82. The molecule has 1 N–H and O–H groups in total. The van der Waals surface area contributed by atoms with E-state index in [9.17, 15) is 0 Å². The van der Waals surface area contributed by atoms with E-state index < -0.39 is 0 Å². The highest BCUT2D eigenvalue weighted by Gasteiger charge is 2.28. The molecule has 3 heteroatoms. The molecule has 3 rings (SSSR count). The third kappa shape index (κ3) is 2.99. The van der Waals surface area contributed by atoms with Crippen molar-refractivity contribution in [3.05, 3.63) is 63.1 Å². The van der Waals surface area contributed by atoms with Crippen LogP contribution in [0, 0.1) is 13.8 Å². The fraction of sp³-hybridized carbons (Fsp3) is 0.333. The van der Waals surface area contributed by atoms with E-state index in [4.69, 9.17) is 4.74 Å². The van der Waals surface area contributed by atoms with E-state index in [0.29, 0.717) is 6.04 Å². The van der Waals surface area contributed by atoms with E-state index >= 15 is 0 Å². The minimum Gasteiger partial charge on any atom is -0.485 e. The maximum atomic E-state index is 6.25. The number of halogens is 1. The summed E-state index contributed by atoms with van der Waals surface area (Å²) in [5, 5.41) is 3.42. The van der Waals surface area contributed by atoms with Crippen molar-refractivity contribution in [1.29, 1.82) is 0 Å². The summed E-state index contributed by atoms with van der Waals surface area (Å²) < 4.78 is 7.35. The standard InChI is InChI=1S/C18H20BrNO/c1-11-6-12(2)8-13(7-11)18-10-16(20-3)15-9-14(19)4-5-17(15)21-18/h4-9,16,18,20H,10H2,1-3H3. The third-order valence-corrected chi connectivity index (χ3v) is 4.52. The molecule has 1 aliphatic rings. The molecular formula is C18H20BrNO. The predicted octanol–water partition coefficient (Wildman–Crippen LogP) is 4.85. The number of fused-ring (bicyclic) bond motifs is 1. The molecule has 0 bridgehead atoms. The average Bonchev–Trinajstić information content (AvgIpc) is 2.45. The minimum atomic E-state index is 0.106. The Morgan fingerprint density at radius 3 is 2.48 bits per heavy atom. The van der Waals surface area contributed by atoms with Crippen LogP contribution < -0.4 is 10.1 Å². The highest BCUT2D eigenvalue weighted by molar-refractivity contribution is 9.10. The van der Waals surface area contributed by atoms with Crippen LogP contribution >= 0.6 is 15.9 Å². The van der Waals surface area contributed by atoms with E-state index in [1.807, 2.05) is 13.1 Å². The molecule has 0 amide bonds. The van der Waals surface area contributed by atoms with E-state index in [1.54, 1.807) is 0 Å². The summed E-state index contributed by atoms with van der Waals surface area (Å²) >= 11 is 3.54. The molecule has 0 aliphatic carbocycles. The van der Waals surface area contributed by atoms with Crippen LogP contribution in [0.2, 0.25) is 0 Å². The quantitative estimate of drug-likeness (QED) is 0.839. The van der Waals surface area contributed by atoms with Gasteiger partial charge in [-0.1, -0.05) is 45.3 Å². The average molecular weight is 346 g/mol. The number of rotatable bonds is 2. The highest BCUT2D eigenvalue weighted by Crippen LogP contribution is 2.41. The molecule has 1 heterocycles. The van der Waals surface area contributed by atoms with Crippen LogP contribution in [0.5, 0.6) is 5.75 Å². The highest BCUT2D eigenvalue weighted by atomic mass is 79.9. The number of hydrogen-bond acceptors (Lipinski definition) is 2. The molecule has 0 saturated heterocycles. The maximum Gasteiger partial charge on any atom is 0.126 e. The lowest BCUT2D eigenvalue weighted by molar-refractivity contribution is 0.153. The van der Waals surface area contributed by atoms with Crippen molar-refractivity contribution in [2.75, 3.05) is 7.05 Å². The van der Waals surface area contributed by atoms with Gasteiger partial charge in [0.1, 0.15) is 11.9 Å². The fourth-order valence-electron chi connectivity index (χ4n) is 3.11. The van der Waals surface area contributed by atoms with E-state index in [-0.39, 0.29) is 6.10 Å². The molecule has 110 valence electrons. The molecule has 1 aliphatic heterocycles. The first-order valence-corrected chi connectivity index (χ1v) is 8.07. The second-order valence-corrected chi connectivity index (χ2v) is 6.70. The second-order valence-electron chi connectivity index (χ2n) is 5.79. The lowest BCUT2D eigenvalue weighted by atomic mass is 9.92. The molecule has 0 saturated carbocycles. The molecule has 2 nitrogen and oxygen atoms in total. The van der Waals surface area contributed by atoms with Gasteiger partial charge in [-0.3, -0.25) is 0 Å². The summed E-state index contributed by atoms with van der Waals surface area (Å²) in [5.74, 6) is 0.980. The van der Waals surface area contributed by atoms with E-state index in [1.165, 1.54) is 22.3 Å². The zero-order valence-corrected chi connectivity index (χ0v) is 14.2. The van der Waals surface area contributed by atoms with Crippen molar-refractivity contribution in [2.45, 2.75) is 32.4 Å². The minimum absolute atomic E-state index is 0.106. The Kier molecular flexibility index (Phi) is 4.05. The fourth-order valence-corrected chi connectivity index (χ4v) is 3.49. The third-order valence-electron chi connectivity index (χ3n) is 4.03. The lowest BCUT2D eigenvalue weighted by Crippen LogP contribution is -2.26.